The lowest BCUT2D eigenvalue weighted by Gasteiger charge is -2.11. The van der Waals surface area contributed by atoms with E-state index in [1.807, 2.05) is 36.4 Å². The Morgan fingerprint density at radius 3 is 2.76 bits per heavy atom. The molecule has 1 aromatic heterocycles. The Morgan fingerprint density at radius 1 is 1.14 bits per heavy atom. The van der Waals surface area contributed by atoms with Crippen LogP contribution in [0, 0.1) is 5.82 Å². The molecular formula is C21H18FN3O2S2. The molecule has 148 valence electrons. The molecule has 3 N–H and O–H groups in total. The highest BCUT2D eigenvalue weighted by Gasteiger charge is 2.08. The van der Waals surface area contributed by atoms with Gasteiger partial charge in [-0.25, -0.2) is 9.37 Å². The molecule has 4 aromatic rings. The quantitative estimate of drug-likeness (QED) is 0.320. The molecule has 0 aliphatic rings. The number of nitrogens with zero attached hydrogens (tertiary/aromatic N) is 1. The molecule has 0 fully saturated rings. The number of fused-ring (bicyclic) bond motifs is 1. The maximum absolute atomic E-state index is 13.3. The van der Waals surface area contributed by atoms with Gasteiger partial charge in [-0.1, -0.05) is 23.5 Å². The van der Waals surface area contributed by atoms with E-state index in [-0.39, 0.29) is 11.6 Å². The zero-order valence-electron chi connectivity index (χ0n) is 15.5. The summed E-state index contributed by atoms with van der Waals surface area (Å²) in [5, 5.41) is 14.2. The van der Waals surface area contributed by atoms with Gasteiger partial charge in [0.25, 0.3) is 0 Å². The number of hydrogen-bond acceptors (Lipinski definition) is 7. The molecule has 3 aromatic carbocycles. The number of halogens is 1. The van der Waals surface area contributed by atoms with Gasteiger partial charge in [0, 0.05) is 22.7 Å². The van der Waals surface area contributed by atoms with Gasteiger partial charge in [0.1, 0.15) is 5.82 Å². The molecule has 0 saturated carbocycles. The standard InChI is InChI=1S/C21H18FN3O2S2/c1-27-18-4-2-3-13(20(18)26)12-23-15-6-8-16(9-7-15)29-25-21-24-17-10-5-14(22)11-19(17)28-21/h2-11,23,26H,12H2,1H3,(H,24,25). The number of phenolic OH excluding ortho intramolecular Hbond substituents is 1. The molecule has 29 heavy (non-hydrogen) atoms. The maximum atomic E-state index is 13.3. The molecule has 0 unspecified atom stereocenters. The molecule has 1 heterocycles. The van der Waals surface area contributed by atoms with Crippen molar-refractivity contribution in [3.8, 4) is 11.5 Å². The predicted molar refractivity (Wildman–Crippen MR) is 117 cm³/mol. The van der Waals surface area contributed by atoms with Crippen molar-refractivity contribution in [2.45, 2.75) is 11.4 Å². The summed E-state index contributed by atoms with van der Waals surface area (Å²) in [6, 6.07) is 17.9. The monoisotopic (exact) mass is 427 g/mol. The first-order chi connectivity index (χ1) is 14.1. The third-order valence-corrected chi connectivity index (χ3v) is 6.11. The van der Waals surface area contributed by atoms with E-state index in [9.17, 15) is 9.50 Å². The second-order valence-electron chi connectivity index (χ2n) is 6.18. The van der Waals surface area contributed by atoms with E-state index in [0.29, 0.717) is 12.3 Å². The first kappa shape index (κ1) is 19.4. The lowest BCUT2D eigenvalue weighted by molar-refractivity contribution is 0.371. The Bertz CT molecular complexity index is 1130. The molecule has 5 nitrogen and oxygen atoms in total. The van der Waals surface area contributed by atoms with Crippen LogP contribution >= 0.6 is 23.3 Å². The van der Waals surface area contributed by atoms with Gasteiger partial charge in [0.15, 0.2) is 16.6 Å². The zero-order valence-corrected chi connectivity index (χ0v) is 17.1. The lowest BCUT2D eigenvalue weighted by atomic mass is 10.2. The highest BCUT2D eigenvalue weighted by molar-refractivity contribution is 8.00. The number of phenols is 1. The fourth-order valence-corrected chi connectivity index (χ4v) is 4.31. The number of rotatable bonds is 7. The molecule has 0 aliphatic carbocycles. The summed E-state index contributed by atoms with van der Waals surface area (Å²) in [4.78, 5) is 5.46. The average molecular weight is 428 g/mol. The second kappa shape index (κ2) is 8.59. The van der Waals surface area contributed by atoms with Gasteiger partial charge in [0.2, 0.25) is 0 Å². The van der Waals surface area contributed by atoms with Gasteiger partial charge in [-0.2, -0.15) is 0 Å². The highest BCUT2D eigenvalue weighted by Crippen LogP contribution is 2.31. The third-order valence-electron chi connectivity index (χ3n) is 4.25. The van der Waals surface area contributed by atoms with Gasteiger partial charge in [-0.05, 0) is 60.5 Å². The number of hydrogen-bond donors (Lipinski definition) is 3. The Labute approximate surface area is 175 Å². The van der Waals surface area contributed by atoms with Gasteiger partial charge < -0.3 is 19.9 Å². The van der Waals surface area contributed by atoms with Crippen molar-refractivity contribution in [2.24, 2.45) is 0 Å². The molecule has 0 bridgehead atoms. The van der Waals surface area contributed by atoms with Crippen LogP contribution in [0.1, 0.15) is 5.56 Å². The highest BCUT2D eigenvalue weighted by atomic mass is 32.2. The van der Waals surface area contributed by atoms with Gasteiger partial charge in [-0.15, -0.1) is 0 Å². The minimum Gasteiger partial charge on any atom is -0.504 e. The number of benzene rings is 3. The summed E-state index contributed by atoms with van der Waals surface area (Å²) in [6.07, 6.45) is 0. The molecule has 0 saturated heterocycles. The third kappa shape index (κ3) is 4.55. The van der Waals surface area contributed by atoms with Crippen LogP contribution in [0.4, 0.5) is 15.2 Å². The lowest BCUT2D eigenvalue weighted by Crippen LogP contribution is -2.00. The van der Waals surface area contributed by atoms with Crippen LogP contribution in [0.2, 0.25) is 0 Å². The summed E-state index contributed by atoms with van der Waals surface area (Å²) in [6.45, 7) is 0.482. The molecule has 8 heteroatoms. The van der Waals surface area contributed by atoms with Crippen molar-refractivity contribution in [3.05, 3.63) is 72.0 Å². The number of nitrogens with one attached hydrogen (secondary N) is 2. The van der Waals surface area contributed by atoms with Crippen molar-refractivity contribution in [1.82, 2.24) is 4.98 Å². The fraction of sp³-hybridized carbons (Fsp3) is 0.0952. The molecular weight excluding hydrogens is 409 g/mol. The van der Waals surface area contributed by atoms with Crippen molar-refractivity contribution >= 4 is 44.3 Å². The number of para-hydroxylation sites is 1. The Kier molecular flexibility index (Phi) is 5.73. The molecule has 0 atom stereocenters. The number of thiazole rings is 1. The minimum atomic E-state index is -0.259. The number of ether oxygens (including phenoxy) is 1. The first-order valence-electron chi connectivity index (χ1n) is 8.80. The van der Waals surface area contributed by atoms with Crippen LogP contribution < -0.4 is 14.8 Å². The number of aromatic hydroxyl groups is 1. The summed E-state index contributed by atoms with van der Waals surface area (Å²) in [5.41, 5.74) is 2.48. The van der Waals surface area contributed by atoms with E-state index in [0.717, 1.165) is 31.5 Å². The summed E-state index contributed by atoms with van der Waals surface area (Å²) in [5.74, 6) is 0.347. The number of anilines is 2. The van der Waals surface area contributed by atoms with Gasteiger partial charge >= 0.3 is 0 Å². The van der Waals surface area contributed by atoms with Crippen molar-refractivity contribution in [3.63, 3.8) is 0 Å². The van der Waals surface area contributed by atoms with Crippen molar-refractivity contribution < 1.29 is 14.2 Å². The van der Waals surface area contributed by atoms with E-state index in [4.69, 9.17) is 4.74 Å². The summed E-state index contributed by atoms with van der Waals surface area (Å²) < 4.78 is 22.4. The minimum absolute atomic E-state index is 0.148. The van der Waals surface area contributed by atoms with Crippen LogP contribution in [-0.2, 0) is 6.54 Å². The van der Waals surface area contributed by atoms with Gasteiger partial charge in [0.05, 0.1) is 17.3 Å². The molecule has 0 amide bonds. The Morgan fingerprint density at radius 2 is 1.97 bits per heavy atom. The van der Waals surface area contributed by atoms with Crippen LogP contribution in [0.5, 0.6) is 11.5 Å². The average Bonchev–Trinajstić information content (AvgIpc) is 3.14. The van der Waals surface area contributed by atoms with E-state index in [1.54, 1.807) is 12.1 Å². The summed E-state index contributed by atoms with van der Waals surface area (Å²) in [7, 11) is 1.53. The molecule has 0 aliphatic heterocycles. The number of aromatic nitrogens is 1. The van der Waals surface area contributed by atoms with E-state index in [1.165, 1.54) is 42.5 Å². The smallest absolute Gasteiger partial charge is 0.194 e. The first-order valence-corrected chi connectivity index (χ1v) is 10.4. The van der Waals surface area contributed by atoms with E-state index >= 15 is 0 Å². The fourth-order valence-electron chi connectivity index (χ4n) is 2.76. The molecule has 0 radical (unpaired) electrons. The SMILES string of the molecule is COc1cccc(CNc2ccc(SNc3nc4ccc(F)cc4s3)cc2)c1O. The molecule has 0 spiro atoms. The van der Waals surface area contributed by atoms with E-state index in [2.05, 4.69) is 15.0 Å². The van der Waals surface area contributed by atoms with E-state index < -0.39 is 0 Å². The van der Waals surface area contributed by atoms with Crippen LogP contribution in [0.25, 0.3) is 10.2 Å². The normalized spacial score (nSPS) is 10.8. The largest absolute Gasteiger partial charge is 0.504 e. The predicted octanol–water partition coefficient (Wildman–Crippen LogP) is 5.88. The number of methoxy groups -OCH3 is 1. The van der Waals surface area contributed by atoms with Gasteiger partial charge in [-0.3, -0.25) is 0 Å². The Hall–Kier alpha value is -2.97. The Balaban J connectivity index is 1.35. The van der Waals surface area contributed by atoms with Crippen LogP contribution in [0.3, 0.4) is 0 Å². The van der Waals surface area contributed by atoms with Crippen molar-refractivity contribution in [1.29, 1.82) is 0 Å². The van der Waals surface area contributed by atoms with Crippen molar-refractivity contribution in [2.75, 3.05) is 17.1 Å². The van der Waals surface area contributed by atoms with Crippen LogP contribution in [-0.4, -0.2) is 17.2 Å². The topological polar surface area (TPSA) is 66.4 Å². The van der Waals surface area contributed by atoms with Crippen LogP contribution in [0.15, 0.2) is 65.6 Å². The zero-order chi connectivity index (χ0) is 20.2. The second-order valence-corrected chi connectivity index (χ2v) is 8.09. The summed E-state index contributed by atoms with van der Waals surface area (Å²) >= 11 is 2.86. The maximum Gasteiger partial charge on any atom is 0.194 e. The molecule has 4 rings (SSSR count).